The van der Waals surface area contributed by atoms with Crippen LogP contribution >= 0.6 is 11.6 Å². The van der Waals surface area contributed by atoms with Crippen LogP contribution in [0.25, 0.3) is 17.1 Å². The number of ether oxygens (including phenoxy) is 1. The number of halogens is 1. The molecule has 3 aromatic rings. The normalized spacial score (nSPS) is 11.0. The summed E-state index contributed by atoms with van der Waals surface area (Å²) in [5.41, 5.74) is 0.676. The number of hydrogen-bond donors (Lipinski definition) is 0. The molecule has 0 radical (unpaired) electrons. The number of aromatic nitrogens is 4. The van der Waals surface area contributed by atoms with Crippen molar-refractivity contribution in [2.75, 3.05) is 14.1 Å². The van der Waals surface area contributed by atoms with Crippen LogP contribution in [0.4, 0.5) is 0 Å². The molecular weight excluding hydrogens is 394 g/mol. The topological polar surface area (TPSA) is 82.2 Å². The number of rotatable bonds is 6. The van der Waals surface area contributed by atoms with Crippen LogP contribution in [0.1, 0.15) is 13.8 Å². The highest BCUT2D eigenvalue weighted by Gasteiger charge is 2.20. The molecule has 0 atom stereocenters. The van der Waals surface area contributed by atoms with Gasteiger partial charge < -0.3 is 9.64 Å². The largest absolute Gasteiger partial charge is 0.491 e. The summed E-state index contributed by atoms with van der Waals surface area (Å²) in [4.78, 5) is 30.6. The number of carbonyl (C=O) groups is 1. The maximum absolute atomic E-state index is 13.1. The smallest absolute Gasteiger partial charge is 0.351 e. The fourth-order valence-electron chi connectivity index (χ4n) is 2.69. The third-order valence-corrected chi connectivity index (χ3v) is 4.40. The highest BCUT2D eigenvalue weighted by molar-refractivity contribution is 6.33. The van der Waals surface area contributed by atoms with Crippen LogP contribution in [-0.4, -0.2) is 50.3 Å². The number of carbonyl (C=O) groups excluding carboxylic acids is 1. The van der Waals surface area contributed by atoms with Gasteiger partial charge in [-0.2, -0.15) is 0 Å². The van der Waals surface area contributed by atoms with Crippen molar-refractivity contribution in [1.82, 2.24) is 24.2 Å². The Morgan fingerprint density at radius 2 is 1.90 bits per heavy atom. The van der Waals surface area contributed by atoms with E-state index < -0.39 is 5.69 Å². The third kappa shape index (κ3) is 4.48. The number of hydrogen-bond acceptors (Lipinski definition) is 5. The molecule has 2 aromatic heterocycles. The molecule has 0 saturated heterocycles. The summed E-state index contributed by atoms with van der Waals surface area (Å²) in [5.74, 6) is 0.770. The molecule has 0 fully saturated rings. The molecular formula is C20H22ClN5O3. The lowest BCUT2D eigenvalue weighted by Gasteiger charge is -2.11. The minimum Gasteiger partial charge on any atom is -0.491 e. The van der Waals surface area contributed by atoms with Crippen LogP contribution in [0, 0.1) is 0 Å². The molecule has 0 spiro atoms. The van der Waals surface area contributed by atoms with Gasteiger partial charge in [0.1, 0.15) is 12.3 Å². The van der Waals surface area contributed by atoms with Gasteiger partial charge in [0, 0.05) is 32.1 Å². The van der Waals surface area contributed by atoms with Crippen LogP contribution in [0.2, 0.25) is 5.02 Å². The van der Waals surface area contributed by atoms with Crippen LogP contribution in [0.15, 0.2) is 47.5 Å². The van der Waals surface area contributed by atoms with Gasteiger partial charge in [0.25, 0.3) is 0 Å². The van der Waals surface area contributed by atoms with Gasteiger partial charge in [0.15, 0.2) is 5.82 Å². The van der Waals surface area contributed by atoms with Crippen LogP contribution in [0.5, 0.6) is 5.75 Å². The van der Waals surface area contributed by atoms with Crippen molar-refractivity contribution in [2.24, 2.45) is 0 Å². The van der Waals surface area contributed by atoms with Gasteiger partial charge in [-0.15, -0.1) is 5.10 Å². The number of likely N-dealkylation sites (N-methyl/N-ethyl adjacent to an activating group) is 1. The Bertz CT molecular complexity index is 1070. The van der Waals surface area contributed by atoms with Crippen molar-refractivity contribution in [3.05, 3.63) is 58.2 Å². The van der Waals surface area contributed by atoms with E-state index in [9.17, 15) is 9.59 Å². The van der Waals surface area contributed by atoms with Gasteiger partial charge in [0.05, 0.1) is 16.8 Å². The van der Waals surface area contributed by atoms with E-state index in [1.54, 1.807) is 50.6 Å². The van der Waals surface area contributed by atoms with E-state index in [4.69, 9.17) is 16.3 Å². The van der Waals surface area contributed by atoms with Crippen molar-refractivity contribution >= 4 is 17.5 Å². The molecule has 0 bridgehead atoms. The summed E-state index contributed by atoms with van der Waals surface area (Å²) >= 11 is 6.30. The number of pyridine rings is 1. The summed E-state index contributed by atoms with van der Waals surface area (Å²) in [7, 11) is 3.25. The molecule has 0 unspecified atom stereocenters. The molecule has 8 nitrogen and oxygen atoms in total. The predicted molar refractivity (Wildman–Crippen MR) is 111 cm³/mol. The first kappa shape index (κ1) is 20.6. The Hall–Kier alpha value is -3.13. The summed E-state index contributed by atoms with van der Waals surface area (Å²) in [6.07, 6.45) is 3.09. The number of nitrogens with zero attached hydrogens (tertiary/aromatic N) is 5. The van der Waals surface area contributed by atoms with E-state index in [0.717, 1.165) is 4.68 Å². The molecule has 0 N–H and O–H groups in total. The summed E-state index contributed by atoms with van der Waals surface area (Å²) < 4.78 is 8.22. The molecule has 152 valence electrons. The lowest BCUT2D eigenvalue weighted by Crippen LogP contribution is -2.32. The second-order valence-electron chi connectivity index (χ2n) is 6.90. The van der Waals surface area contributed by atoms with E-state index in [0.29, 0.717) is 27.8 Å². The Morgan fingerprint density at radius 3 is 2.48 bits per heavy atom. The molecule has 3 rings (SSSR count). The van der Waals surface area contributed by atoms with Gasteiger partial charge in [-0.05, 0) is 44.2 Å². The van der Waals surface area contributed by atoms with Crippen LogP contribution in [0.3, 0.4) is 0 Å². The zero-order valence-corrected chi connectivity index (χ0v) is 17.4. The molecule has 9 heteroatoms. The molecule has 0 aliphatic rings. The van der Waals surface area contributed by atoms with Gasteiger partial charge >= 0.3 is 5.69 Å². The predicted octanol–water partition coefficient (Wildman–Crippen LogP) is 2.62. The fraction of sp³-hybridized carbons (Fsp3) is 0.300. The van der Waals surface area contributed by atoms with Crippen molar-refractivity contribution in [2.45, 2.75) is 26.5 Å². The van der Waals surface area contributed by atoms with E-state index in [1.807, 2.05) is 13.8 Å². The average molecular weight is 416 g/mol. The second kappa shape index (κ2) is 8.48. The van der Waals surface area contributed by atoms with E-state index >= 15 is 0 Å². The summed E-state index contributed by atoms with van der Waals surface area (Å²) in [6, 6.07) is 8.76. The van der Waals surface area contributed by atoms with E-state index in [1.165, 1.54) is 15.7 Å². The first-order chi connectivity index (χ1) is 13.8. The highest BCUT2D eigenvalue weighted by Crippen LogP contribution is 2.27. The van der Waals surface area contributed by atoms with Gasteiger partial charge in [0.2, 0.25) is 5.91 Å². The number of benzene rings is 1. The zero-order valence-electron chi connectivity index (χ0n) is 16.7. The van der Waals surface area contributed by atoms with Crippen molar-refractivity contribution in [3.8, 4) is 22.8 Å². The Balaban J connectivity index is 2.13. The maximum atomic E-state index is 13.1. The summed E-state index contributed by atoms with van der Waals surface area (Å²) in [5, 5.41) is 4.74. The zero-order chi connectivity index (χ0) is 21.1. The van der Waals surface area contributed by atoms with E-state index in [2.05, 4.69) is 10.1 Å². The second-order valence-corrected chi connectivity index (χ2v) is 7.31. The minimum absolute atomic E-state index is 0.0366. The monoisotopic (exact) mass is 415 g/mol. The van der Waals surface area contributed by atoms with Crippen LogP contribution < -0.4 is 10.4 Å². The lowest BCUT2D eigenvalue weighted by molar-refractivity contribution is -0.129. The standard InChI is InChI=1S/C20H22ClN5O3/c1-13(2)29-15-7-5-14(6-8-15)26-19(16-9-10-22-11-17(16)21)23-25(20(26)28)12-18(27)24(3)4/h5-11,13H,12H2,1-4H3. The maximum Gasteiger partial charge on any atom is 0.351 e. The van der Waals surface area contributed by atoms with Crippen molar-refractivity contribution < 1.29 is 9.53 Å². The average Bonchev–Trinajstić information content (AvgIpc) is 2.98. The quantitative estimate of drug-likeness (QED) is 0.618. The minimum atomic E-state index is -0.444. The molecule has 0 saturated carbocycles. The fourth-order valence-corrected chi connectivity index (χ4v) is 2.89. The van der Waals surface area contributed by atoms with Gasteiger partial charge in [-0.3, -0.25) is 9.78 Å². The number of amides is 1. The first-order valence-corrected chi connectivity index (χ1v) is 9.42. The molecule has 0 aliphatic carbocycles. The van der Waals surface area contributed by atoms with E-state index in [-0.39, 0.29) is 18.6 Å². The van der Waals surface area contributed by atoms with Crippen molar-refractivity contribution in [3.63, 3.8) is 0 Å². The molecule has 1 amide bonds. The molecule has 1 aromatic carbocycles. The van der Waals surface area contributed by atoms with Gasteiger partial charge in [-0.25, -0.2) is 14.0 Å². The van der Waals surface area contributed by atoms with Gasteiger partial charge in [-0.1, -0.05) is 11.6 Å². The van der Waals surface area contributed by atoms with Crippen molar-refractivity contribution in [1.29, 1.82) is 0 Å². The Morgan fingerprint density at radius 1 is 1.21 bits per heavy atom. The first-order valence-electron chi connectivity index (χ1n) is 9.05. The SMILES string of the molecule is CC(C)Oc1ccc(-n2c(-c3ccncc3Cl)nn(CC(=O)N(C)C)c2=O)cc1. The Labute approximate surface area is 173 Å². The highest BCUT2D eigenvalue weighted by atomic mass is 35.5. The Kier molecular flexibility index (Phi) is 6.03. The molecule has 29 heavy (non-hydrogen) atoms. The third-order valence-electron chi connectivity index (χ3n) is 4.10. The lowest BCUT2D eigenvalue weighted by atomic mass is 10.2. The molecule has 2 heterocycles. The molecule has 0 aliphatic heterocycles. The summed E-state index contributed by atoms with van der Waals surface area (Å²) in [6.45, 7) is 3.70. The van der Waals surface area contributed by atoms with Crippen LogP contribution in [-0.2, 0) is 11.3 Å².